The molecule has 2 aromatic rings. The molecule has 0 unspecified atom stereocenters. The molecule has 0 bridgehead atoms. The van der Waals surface area contributed by atoms with Crippen molar-refractivity contribution in [2.45, 2.75) is 63.7 Å². The van der Waals surface area contributed by atoms with E-state index in [2.05, 4.69) is 5.32 Å². The summed E-state index contributed by atoms with van der Waals surface area (Å²) in [5, 5.41) is 13.0. The van der Waals surface area contributed by atoms with Gasteiger partial charge >= 0.3 is 0 Å². The van der Waals surface area contributed by atoms with E-state index in [1.807, 2.05) is 13.0 Å². The summed E-state index contributed by atoms with van der Waals surface area (Å²) in [5.74, 6) is -0.781. The number of fused-ring (bicyclic) bond motifs is 1. The first-order valence-corrected chi connectivity index (χ1v) is 11.5. The van der Waals surface area contributed by atoms with E-state index < -0.39 is 12.2 Å². The molecule has 2 heterocycles. The Labute approximate surface area is 187 Å². The number of nitrogens with one attached hydrogen (secondary N) is 1. The van der Waals surface area contributed by atoms with Crippen LogP contribution in [0.5, 0.6) is 0 Å². The Bertz CT molecular complexity index is 1020. The van der Waals surface area contributed by atoms with Gasteiger partial charge in [0.05, 0.1) is 11.6 Å². The van der Waals surface area contributed by atoms with Gasteiger partial charge in [-0.05, 0) is 50.8 Å². The smallest absolute Gasteiger partial charge is 0.286 e. The van der Waals surface area contributed by atoms with Gasteiger partial charge in [0.15, 0.2) is 11.2 Å². The topological polar surface area (TPSA) is 98.0 Å². The van der Waals surface area contributed by atoms with Crippen molar-refractivity contribution in [2.24, 2.45) is 5.92 Å². The van der Waals surface area contributed by atoms with Gasteiger partial charge in [-0.25, -0.2) is 0 Å². The van der Waals surface area contributed by atoms with Gasteiger partial charge in [-0.15, -0.1) is 0 Å². The molecular formula is C25H31NO6. The summed E-state index contributed by atoms with van der Waals surface area (Å²) in [5.41, 5.74) is 0.852. The lowest BCUT2D eigenvalue weighted by Gasteiger charge is -2.36. The second kappa shape index (κ2) is 10.3. The SMILES string of the molecule is CCO[C@H]1OC(C(=O)NC2CCCC2)=C[C@@H](c2coc3ccccc3c2=O)[C@H]1CCCO. The van der Waals surface area contributed by atoms with Crippen molar-refractivity contribution in [3.63, 3.8) is 0 Å². The van der Waals surface area contributed by atoms with Gasteiger partial charge in [0.25, 0.3) is 5.91 Å². The third kappa shape index (κ3) is 4.74. The third-order valence-electron chi connectivity index (χ3n) is 6.39. The maximum atomic E-state index is 13.3. The summed E-state index contributed by atoms with van der Waals surface area (Å²) in [4.78, 5) is 26.3. The molecule has 172 valence electrons. The molecule has 1 aromatic heterocycles. The molecule has 0 radical (unpaired) electrons. The number of hydrogen-bond donors (Lipinski definition) is 2. The minimum Gasteiger partial charge on any atom is -0.464 e. The first-order valence-electron chi connectivity index (χ1n) is 11.5. The Morgan fingerprint density at radius 2 is 2.03 bits per heavy atom. The summed E-state index contributed by atoms with van der Waals surface area (Å²) in [6.45, 7) is 2.28. The molecule has 0 saturated heterocycles. The van der Waals surface area contributed by atoms with Crippen molar-refractivity contribution in [3.05, 3.63) is 58.2 Å². The fourth-order valence-electron chi connectivity index (χ4n) is 4.77. The molecule has 1 aliphatic carbocycles. The normalized spacial score (nSPS) is 23.7. The van der Waals surface area contributed by atoms with Crippen LogP contribution >= 0.6 is 0 Å². The van der Waals surface area contributed by atoms with E-state index in [-0.39, 0.29) is 35.7 Å². The lowest BCUT2D eigenvalue weighted by Crippen LogP contribution is -2.41. The Hall–Kier alpha value is -2.64. The second-order valence-electron chi connectivity index (χ2n) is 8.50. The van der Waals surface area contributed by atoms with Gasteiger partial charge < -0.3 is 24.3 Å². The van der Waals surface area contributed by atoms with Crippen LogP contribution in [0, 0.1) is 5.92 Å². The van der Waals surface area contributed by atoms with Crippen molar-refractivity contribution in [1.82, 2.24) is 5.32 Å². The number of rotatable bonds is 8. The molecule has 32 heavy (non-hydrogen) atoms. The van der Waals surface area contributed by atoms with Crippen LogP contribution in [0.1, 0.15) is 56.9 Å². The van der Waals surface area contributed by atoms with Crippen LogP contribution in [0.4, 0.5) is 0 Å². The minimum atomic E-state index is -0.697. The molecule has 1 aliphatic heterocycles. The molecule has 1 saturated carbocycles. The fraction of sp³-hybridized carbons (Fsp3) is 0.520. The minimum absolute atomic E-state index is 0.0210. The summed E-state index contributed by atoms with van der Waals surface area (Å²) < 4.78 is 17.6. The van der Waals surface area contributed by atoms with E-state index in [1.165, 1.54) is 6.26 Å². The maximum absolute atomic E-state index is 13.3. The average Bonchev–Trinajstić information content (AvgIpc) is 3.31. The van der Waals surface area contributed by atoms with Crippen LogP contribution in [0.15, 0.2) is 51.6 Å². The van der Waals surface area contributed by atoms with Crippen LogP contribution in [0.3, 0.4) is 0 Å². The highest BCUT2D eigenvalue weighted by Crippen LogP contribution is 2.39. The van der Waals surface area contributed by atoms with Crippen LogP contribution in [-0.4, -0.2) is 36.6 Å². The van der Waals surface area contributed by atoms with Crippen molar-refractivity contribution in [3.8, 4) is 0 Å². The van der Waals surface area contributed by atoms with Gasteiger partial charge in [0.1, 0.15) is 5.58 Å². The predicted octanol–water partition coefficient (Wildman–Crippen LogP) is 3.60. The van der Waals surface area contributed by atoms with Gasteiger partial charge in [0.2, 0.25) is 6.29 Å². The van der Waals surface area contributed by atoms with Crippen molar-refractivity contribution < 1.29 is 23.8 Å². The number of carbonyl (C=O) groups excluding carboxylic acids is 1. The maximum Gasteiger partial charge on any atom is 0.286 e. The zero-order valence-electron chi connectivity index (χ0n) is 18.4. The summed E-state index contributed by atoms with van der Waals surface area (Å²) >= 11 is 0. The van der Waals surface area contributed by atoms with Crippen LogP contribution < -0.4 is 10.7 Å². The number of hydrogen-bond acceptors (Lipinski definition) is 6. The number of amides is 1. The van der Waals surface area contributed by atoms with Crippen LogP contribution in [0.2, 0.25) is 0 Å². The average molecular weight is 442 g/mol. The second-order valence-corrected chi connectivity index (χ2v) is 8.50. The number of aliphatic hydroxyl groups is 1. The number of aliphatic hydroxyl groups excluding tert-OH is 1. The lowest BCUT2D eigenvalue weighted by molar-refractivity contribution is -0.166. The van der Waals surface area contributed by atoms with Gasteiger partial charge in [-0.1, -0.05) is 25.0 Å². The molecule has 7 nitrogen and oxygen atoms in total. The van der Waals surface area contributed by atoms with Crippen molar-refractivity contribution in [1.29, 1.82) is 0 Å². The third-order valence-corrected chi connectivity index (χ3v) is 6.39. The van der Waals surface area contributed by atoms with E-state index in [4.69, 9.17) is 13.9 Å². The zero-order chi connectivity index (χ0) is 22.5. The highest BCUT2D eigenvalue weighted by atomic mass is 16.7. The summed E-state index contributed by atoms with van der Waals surface area (Å²) in [6.07, 6.45) is 7.76. The highest BCUT2D eigenvalue weighted by molar-refractivity contribution is 5.92. The van der Waals surface area contributed by atoms with Crippen LogP contribution in [-0.2, 0) is 14.3 Å². The fourth-order valence-corrected chi connectivity index (χ4v) is 4.77. The molecule has 7 heteroatoms. The quantitative estimate of drug-likeness (QED) is 0.650. The monoisotopic (exact) mass is 441 g/mol. The molecular weight excluding hydrogens is 410 g/mol. The van der Waals surface area contributed by atoms with Crippen molar-refractivity contribution in [2.75, 3.05) is 13.2 Å². The molecule has 1 amide bonds. The zero-order valence-corrected chi connectivity index (χ0v) is 18.4. The van der Waals surface area contributed by atoms with E-state index >= 15 is 0 Å². The largest absolute Gasteiger partial charge is 0.464 e. The van der Waals surface area contributed by atoms with Gasteiger partial charge in [0, 0.05) is 36.7 Å². The Balaban J connectivity index is 1.74. The molecule has 2 N–H and O–H groups in total. The molecule has 2 aliphatic rings. The van der Waals surface area contributed by atoms with Gasteiger partial charge in [-0.3, -0.25) is 9.59 Å². The predicted molar refractivity (Wildman–Crippen MR) is 120 cm³/mol. The molecule has 1 fully saturated rings. The number of para-hydroxylation sites is 1. The Morgan fingerprint density at radius 3 is 2.78 bits per heavy atom. The summed E-state index contributed by atoms with van der Waals surface area (Å²) in [6, 6.07) is 7.26. The molecule has 0 spiro atoms. The molecule has 1 aromatic carbocycles. The summed E-state index contributed by atoms with van der Waals surface area (Å²) in [7, 11) is 0. The first-order chi connectivity index (χ1) is 15.6. The number of allylic oxidation sites excluding steroid dienone is 1. The van der Waals surface area contributed by atoms with Crippen molar-refractivity contribution >= 4 is 16.9 Å². The number of carbonyl (C=O) groups is 1. The lowest BCUT2D eigenvalue weighted by atomic mass is 9.81. The van der Waals surface area contributed by atoms with Gasteiger partial charge in [-0.2, -0.15) is 0 Å². The van der Waals surface area contributed by atoms with E-state index in [0.717, 1.165) is 25.7 Å². The number of ether oxygens (including phenoxy) is 2. The van der Waals surface area contributed by atoms with E-state index in [1.54, 1.807) is 24.3 Å². The Morgan fingerprint density at radius 1 is 1.25 bits per heavy atom. The number of benzene rings is 1. The molecule has 3 atom stereocenters. The first kappa shape index (κ1) is 22.6. The molecule has 4 rings (SSSR count). The van der Waals surface area contributed by atoms with E-state index in [0.29, 0.717) is 36.0 Å². The Kier molecular flexibility index (Phi) is 7.27. The highest BCUT2D eigenvalue weighted by Gasteiger charge is 2.39. The van der Waals surface area contributed by atoms with Crippen LogP contribution in [0.25, 0.3) is 11.0 Å². The standard InChI is InChI=1S/C25H31NO6/c1-2-30-25-17(11-7-13-27)19(14-22(32-25)24(29)26-16-8-3-4-9-16)20-15-31-21-12-6-5-10-18(21)23(20)28/h5-6,10,12,14-17,19,25,27H,2-4,7-9,11,13H2,1H3,(H,26,29)/t17-,19-,25+/m1/s1. The van der Waals surface area contributed by atoms with E-state index in [9.17, 15) is 14.7 Å².